The molecular weight excluding hydrogens is 266 g/mol. The normalized spacial score (nSPS) is 21.6. The molecule has 112 valence electrons. The van der Waals surface area contributed by atoms with E-state index in [0.29, 0.717) is 17.3 Å². The first-order valence-corrected chi connectivity index (χ1v) is 7.67. The number of amides is 2. The Balaban J connectivity index is 1.61. The molecule has 3 rings (SSSR count). The molecule has 3 N–H and O–H groups in total. The van der Waals surface area contributed by atoms with Crippen molar-refractivity contribution >= 4 is 17.5 Å². The second-order valence-electron chi connectivity index (χ2n) is 5.82. The van der Waals surface area contributed by atoms with E-state index >= 15 is 0 Å². The van der Waals surface area contributed by atoms with Gasteiger partial charge >= 0.3 is 0 Å². The Kier molecular flexibility index (Phi) is 4.20. The molecule has 1 aromatic carbocycles. The Hall–Kier alpha value is -1.88. The Labute approximate surface area is 124 Å². The van der Waals surface area contributed by atoms with Crippen LogP contribution in [0.5, 0.6) is 0 Å². The zero-order valence-corrected chi connectivity index (χ0v) is 12.0. The number of carbonyl (C=O) groups excluding carboxylic acids is 2. The molecule has 1 saturated carbocycles. The standard InChI is InChI=1S/C16H21N3O2/c20-15(18-12-7-8-12)11-4-3-5-13(10-11)19-16(21)14-6-1-2-9-17-14/h3-5,10,12,14,17H,1-2,6-9H2,(H,18,20)(H,19,21). The van der Waals surface area contributed by atoms with Crippen molar-refractivity contribution in [3.63, 3.8) is 0 Å². The highest BCUT2D eigenvalue weighted by Gasteiger charge is 2.24. The Morgan fingerprint density at radius 3 is 2.71 bits per heavy atom. The highest BCUT2D eigenvalue weighted by Crippen LogP contribution is 2.20. The molecule has 0 bridgehead atoms. The molecule has 1 atom stereocenters. The summed E-state index contributed by atoms with van der Waals surface area (Å²) in [6.07, 6.45) is 5.20. The molecule has 1 aromatic rings. The first-order valence-electron chi connectivity index (χ1n) is 7.67. The van der Waals surface area contributed by atoms with E-state index in [9.17, 15) is 9.59 Å². The molecule has 5 heteroatoms. The third-order valence-corrected chi connectivity index (χ3v) is 3.93. The second kappa shape index (κ2) is 6.26. The summed E-state index contributed by atoms with van der Waals surface area (Å²) in [6.45, 7) is 0.891. The van der Waals surface area contributed by atoms with Gasteiger partial charge in [-0.2, -0.15) is 0 Å². The predicted molar refractivity (Wildman–Crippen MR) is 81.2 cm³/mol. The zero-order chi connectivity index (χ0) is 14.7. The van der Waals surface area contributed by atoms with E-state index in [2.05, 4.69) is 16.0 Å². The van der Waals surface area contributed by atoms with E-state index in [1.54, 1.807) is 18.2 Å². The number of nitrogens with one attached hydrogen (secondary N) is 3. The van der Waals surface area contributed by atoms with Crippen LogP contribution in [0, 0.1) is 0 Å². The van der Waals surface area contributed by atoms with Gasteiger partial charge in [0.2, 0.25) is 5.91 Å². The van der Waals surface area contributed by atoms with Crippen molar-refractivity contribution in [2.45, 2.75) is 44.2 Å². The van der Waals surface area contributed by atoms with Gasteiger partial charge in [-0.25, -0.2) is 0 Å². The van der Waals surface area contributed by atoms with Crippen LogP contribution in [0.15, 0.2) is 24.3 Å². The van der Waals surface area contributed by atoms with Crippen molar-refractivity contribution in [3.05, 3.63) is 29.8 Å². The van der Waals surface area contributed by atoms with Crippen LogP contribution in [-0.4, -0.2) is 30.4 Å². The topological polar surface area (TPSA) is 70.2 Å². The van der Waals surface area contributed by atoms with Gasteiger partial charge in [0.1, 0.15) is 0 Å². The van der Waals surface area contributed by atoms with Crippen molar-refractivity contribution in [2.75, 3.05) is 11.9 Å². The lowest BCUT2D eigenvalue weighted by Gasteiger charge is -2.22. The number of benzene rings is 1. The average molecular weight is 287 g/mol. The predicted octanol–water partition coefficient (Wildman–Crippen LogP) is 1.66. The minimum absolute atomic E-state index is 0.0190. The first-order chi connectivity index (χ1) is 10.2. The van der Waals surface area contributed by atoms with Gasteiger partial charge in [0.25, 0.3) is 5.91 Å². The number of hydrogen-bond donors (Lipinski definition) is 3. The second-order valence-corrected chi connectivity index (χ2v) is 5.82. The van der Waals surface area contributed by atoms with Crippen molar-refractivity contribution in [1.29, 1.82) is 0 Å². The Morgan fingerprint density at radius 1 is 1.14 bits per heavy atom. The molecule has 0 aromatic heterocycles. The molecule has 21 heavy (non-hydrogen) atoms. The van der Waals surface area contributed by atoms with Gasteiger partial charge in [0.15, 0.2) is 0 Å². The smallest absolute Gasteiger partial charge is 0.251 e. The average Bonchev–Trinajstić information content (AvgIpc) is 3.32. The summed E-state index contributed by atoms with van der Waals surface area (Å²) in [7, 11) is 0. The highest BCUT2D eigenvalue weighted by atomic mass is 16.2. The number of hydrogen-bond acceptors (Lipinski definition) is 3. The van der Waals surface area contributed by atoms with Crippen molar-refractivity contribution in [1.82, 2.24) is 10.6 Å². The molecule has 5 nitrogen and oxygen atoms in total. The van der Waals surface area contributed by atoms with Gasteiger partial charge in [-0.1, -0.05) is 12.5 Å². The first kappa shape index (κ1) is 14.1. The summed E-state index contributed by atoms with van der Waals surface area (Å²) >= 11 is 0. The van der Waals surface area contributed by atoms with Crippen molar-refractivity contribution in [3.8, 4) is 0 Å². The summed E-state index contributed by atoms with van der Waals surface area (Å²) in [4.78, 5) is 24.2. The monoisotopic (exact) mass is 287 g/mol. The van der Waals surface area contributed by atoms with E-state index in [0.717, 1.165) is 38.6 Å². The number of carbonyl (C=O) groups is 2. The minimum atomic E-state index is -0.123. The maximum Gasteiger partial charge on any atom is 0.251 e. The fraction of sp³-hybridized carbons (Fsp3) is 0.500. The summed E-state index contributed by atoms with van der Waals surface area (Å²) in [5.74, 6) is -0.0844. The summed E-state index contributed by atoms with van der Waals surface area (Å²) in [5.41, 5.74) is 1.27. The fourth-order valence-corrected chi connectivity index (χ4v) is 2.54. The molecule has 1 heterocycles. The number of rotatable bonds is 4. The van der Waals surface area contributed by atoms with Crippen LogP contribution in [0.1, 0.15) is 42.5 Å². The minimum Gasteiger partial charge on any atom is -0.349 e. The van der Waals surface area contributed by atoms with E-state index < -0.39 is 0 Å². The van der Waals surface area contributed by atoms with Crippen LogP contribution in [0.2, 0.25) is 0 Å². The van der Waals surface area contributed by atoms with Crippen LogP contribution < -0.4 is 16.0 Å². The highest BCUT2D eigenvalue weighted by molar-refractivity contribution is 5.98. The molecule has 0 spiro atoms. The van der Waals surface area contributed by atoms with Crippen LogP contribution in [0.25, 0.3) is 0 Å². The molecule has 2 aliphatic rings. The lowest BCUT2D eigenvalue weighted by Crippen LogP contribution is -2.43. The number of piperidine rings is 1. The maximum atomic E-state index is 12.2. The third-order valence-electron chi connectivity index (χ3n) is 3.93. The summed E-state index contributed by atoms with van der Waals surface area (Å²) in [5, 5.41) is 9.06. The van der Waals surface area contributed by atoms with Crippen LogP contribution in [0.3, 0.4) is 0 Å². The van der Waals surface area contributed by atoms with Gasteiger partial charge in [-0.3, -0.25) is 9.59 Å². The molecule has 1 aliphatic carbocycles. The molecular formula is C16H21N3O2. The summed E-state index contributed by atoms with van der Waals surface area (Å²) in [6, 6.07) is 7.33. The van der Waals surface area contributed by atoms with E-state index in [1.165, 1.54) is 0 Å². The zero-order valence-electron chi connectivity index (χ0n) is 12.0. The Bertz CT molecular complexity index is 534. The molecule has 1 unspecified atom stereocenters. The lowest BCUT2D eigenvalue weighted by molar-refractivity contribution is -0.118. The Morgan fingerprint density at radius 2 is 2.00 bits per heavy atom. The quantitative estimate of drug-likeness (QED) is 0.789. The largest absolute Gasteiger partial charge is 0.349 e. The number of anilines is 1. The van der Waals surface area contributed by atoms with E-state index in [-0.39, 0.29) is 17.9 Å². The third kappa shape index (κ3) is 3.82. The summed E-state index contributed by atoms with van der Waals surface area (Å²) < 4.78 is 0. The van der Waals surface area contributed by atoms with E-state index in [4.69, 9.17) is 0 Å². The van der Waals surface area contributed by atoms with Crippen molar-refractivity contribution in [2.24, 2.45) is 0 Å². The molecule has 0 radical (unpaired) electrons. The van der Waals surface area contributed by atoms with Gasteiger partial charge < -0.3 is 16.0 Å². The fourth-order valence-electron chi connectivity index (χ4n) is 2.54. The van der Waals surface area contributed by atoms with Gasteiger partial charge in [0.05, 0.1) is 6.04 Å². The van der Waals surface area contributed by atoms with Gasteiger partial charge in [0, 0.05) is 17.3 Å². The lowest BCUT2D eigenvalue weighted by atomic mass is 10.0. The van der Waals surface area contributed by atoms with Gasteiger partial charge in [-0.05, 0) is 50.4 Å². The maximum absolute atomic E-state index is 12.2. The molecule has 2 amide bonds. The molecule has 2 fully saturated rings. The SMILES string of the molecule is O=C(NC1CC1)c1cccc(NC(=O)C2CCCCN2)c1. The molecule has 1 aliphatic heterocycles. The van der Waals surface area contributed by atoms with E-state index in [1.807, 2.05) is 6.07 Å². The van der Waals surface area contributed by atoms with Crippen LogP contribution in [-0.2, 0) is 4.79 Å². The van der Waals surface area contributed by atoms with Gasteiger partial charge in [-0.15, -0.1) is 0 Å². The van der Waals surface area contributed by atoms with Crippen LogP contribution in [0.4, 0.5) is 5.69 Å². The van der Waals surface area contributed by atoms with Crippen molar-refractivity contribution < 1.29 is 9.59 Å². The molecule has 1 saturated heterocycles. The van der Waals surface area contributed by atoms with Crippen LogP contribution >= 0.6 is 0 Å².